The molecule has 0 bridgehead atoms. The number of amides is 1. The van der Waals surface area contributed by atoms with Gasteiger partial charge in [-0.1, -0.05) is 37.5 Å². The van der Waals surface area contributed by atoms with Crippen molar-refractivity contribution in [2.45, 2.75) is 76.8 Å². The van der Waals surface area contributed by atoms with Crippen molar-refractivity contribution in [3.8, 4) is 0 Å². The molecule has 0 saturated heterocycles. The van der Waals surface area contributed by atoms with Gasteiger partial charge in [0.05, 0.1) is 28.2 Å². The molecule has 0 aliphatic rings. The van der Waals surface area contributed by atoms with E-state index < -0.39 is 19.7 Å². The van der Waals surface area contributed by atoms with Crippen LogP contribution in [0.5, 0.6) is 0 Å². The molecule has 0 radical (unpaired) electrons. The Morgan fingerprint density at radius 2 is 1.98 bits per heavy atom. The molecule has 3 aromatic heterocycles. The smallest absolute Gasteiger partial charge is 0.407 e. The lowest BCUT2D eigenvalue weighted by molar-refractivity contribution is 0.0880. The zero-order valence-corrected chi connectivity index (χ0v) is 28.1. The number of hydrogen-bond donors (Lipinski definition) is 2. The van der Waals surface area contributed by atoms with Gasteiger partial charge >= 0.3 is 6.09 Å². The molecule has 0 spiro atoms. The largest absolute Gasteiger partial charge is 0.465 e. The van der Waals surface area contributed by atoms with Gasteiger partial charge in [0.15, 0.2) is 10.8 Å². The Kier molecular flexibility index (Phi) is 9.66. The summed E-state index contributed by atoms with van der Waals surface area (Å²) in [6.45, 7) is 14.6. The van der Waals surface area contributed by atoms with Crippen molar-refractivity contribution in [1.82, 2.24) is 34.0 Å². The number of ether oxygens (including phenoxy) is 1. The third kappa shape index (κ3) is 7.79. The van der Waals surface area contributed by atoms with E-state index >= 15 is 0 Å². The summed E-state index contributed by atoms with van der Waals surface area (Å²) in [7, 11) is -1.24. The second-order valence-electron chi connectivity index (χ2n) is 12.1. The van der Waals surface area contributed by atoms with E-state index in [0.717, 1.165) is 32.9 Å². The molecule has 14 heteroatoms. The van der Waals surface area contributed by atoms with Crippen molar-refractivity contribution in [3.05, 3.63) is 40.3 Å². The molecule has 222 valence electrons. The third-order valence-electron chi connectivity index (χ3n) is 6.66. The minimum atomic E-state index is -1.24. The van der Waals surface area contributed by atoms with E-state index in [1.807, 2.05) is 39.2 Å². The Labute approximate surface area is 254 Å². The topological polar surface area (TPSA) is 123 Å². The van der Waals surface area contributed by atoms with Gasteiger partial charge in [0.2, 0.25) is 5.95 Å². The average Bonchev–Trinajstić information content (AvgIpc) is 3.43. The molecular formula is C27H39BrN8O3SSi. The Morgan fingerprint density at radius 1 is 1.22 bits per heavy atom. The van der Waals surface area contributed by atoms with E-state index in [2.05, 4.69) is 66.6 Å². The van der Waals surface area contributed by atoms with E-state index in [9.17, 15) is 9.90 Å². The number of benzene rings is 1. The number of carbonyl (C=O) groups is 1. The maximum atomic E-state index is 11.8. The molecular weight excluding hydrogens is 624 g/mol. The van der Waals surface area contributed by atoms with Crippen LogP contribution in [0.3, 0.4) is 0 Å². The highest BCUT2D eigenvalue weighted by molar-refractivity contribution is 9.10. The number of aromatic nitrogens is 6. The predicted molar refractivity (Wildman–Crippen MR) is 170 cm³/mol. The highest BCUT2D eigenvalue weighted by Gasteiger charge is 2.25. The van der Waals surface area contributed by atoms with Gasteiger partial charge in [-0.25, -0.2) is 14.8 Å². The Hall–Kier alpha value is -2.68. The fourth-order valence-electron chi connectivity index (χ4n) is 4.34. The molecule has 0 fully saturated rings. The number of rotatable bonds is 12. The molecule has 0 unspecified atom stereocenters. The van der Waals surface area contributed by atoms with Gasteiger partial charge < -0.3 is 24.6 Å². The van der Waals surface area contributed by atoms with Crippen molar-refractivity contribution >= 4 is 64.5 Å². The second kappa shape index (κ2) is 12.7. The zero-order chi connectivity index (χ0) is 29.9. The van der Waals surface area contributed by atoms with Gasteiger partial charge in [-0.05, 0) is 73.1 Å². The van der Waals surface area contributed by atoms with E-state index in [4.69, 9.17) is 9.72 Å². The lowest BCUT2D eigenvalue weighted by Gasteiger charge is -2.33. The van der Waals surface area contributed by atoms with Crippen LogP contribution in [0.15, 0.2) is 34.0 Å². The van der Waals surface area contributed by atoms with Crippen molar-refractivity contribution in [1.29, 1.82) is 0 Å². The normalized spacial score (nSPS) is 12.4. The van der Waals surface area contributed by atoms with Crippen LogP contribution in [-0.4, -0.2) is 78.3 Å². The van der Waals surface area contributed by atoms with Crippen LogP contribution in [0.4, 0.5) is 10.7 Å². The first-order chi connectivity index (χ1) is 19.3. The van der Waals surface area contributed by atoms with Crippen molar-refractivity contribution in [2.24, 2.45) is 0 Å². The number of hydrogen-bond acceptors (Lipinski definition) is 8. The number of thioether (sulfide) groups is 1. The molecule has 3 heterocycles. The Bertz CT molecular complexity index is 1530. The molecule has 2 N–H and O–H groups in total. The predicted octanol–water partition coefficient (Wildman–Crippen LogP) is 6.20. The highest BCUT2D eigenvalue weighted by Crippen LogP contribution is 2.24. The number of halogens is 1. The van der Waals surface area contributed by atoms with Crippen LogP contribution in [0.2, 0.25) is 25.7 Å². The van der Waals surface area contributed by atoms with E-state index in [-0.39, 0.29) is 0 Å². The number of imidazole rings is 1. The number of nitrogens with one attached hydrogen (secondary N) is 1. The van der Waals surface area contributed by atoms with Crippen LogP contribution < -0.4 is 5.32 Å². The maximum absolute atomic E-state index is 11.8. The molecule has 0 aliphatic carbocycles. The third-order valence-corrected chi connectivity index (χ3v) is 9.48. The quantitative estimate of drug-likeness (QED) is 0.104. The monoisotopic (exact) mass is 662 g/mol. The molecule has 0 atom stereocenters. The summed E-state index contributed by atoms with van der Waals surface area (Å²) in [4.78, 5) is 27.4. The fraction of sp³-hybridized carbons (Fsp3) is 0.519. The molecule has 1 aromatic carbocycles. The summed E-state index contributed by atoms with van der Waals surface area (Å²) in [5.74, 6) is 1.37. The summed E-state index contributed by atoms with van der Waals surface area (Å²) in [6.07, 6.45) is 3.32. The van der Waals surface area contributed by atoms with E-state index in [1.165, 1.54) is 16.7 Å². The van der Waals surface area contributed by atoms with Crippen LogP contribution in [0, 0.1) is 0 Å². The summed E-state index contributed by atoms with van der Waals surface area (Å²) in [5, 5.41) is 18.2. The first-order valence-electron chi connectivity index (χ1n) is 13.5. The number of carboxylic acid groups (broad SMARTS) is 1. The fourth-order valence-corrected chi connectivity index (χ4v) is 5.80. The molecule has 4 aromatic rings. The molecule has 11 nitrogen and oxygen atoms in total. The lowest BCUT2D eigenvalue weighted by Crippen LogP contribution is -2.45. The van der Waals surface area contributed by atoms with Crippen LogP contribution >= 0.6 is 27.7 Å². The molecule has 4 rings (SSSR count). The van der Waals surface area contributed by atoms with E-state index in [1.54, 1.807) is 10.7 Å². The SMILES string of the molecule is CSc1nc(NCc2nc3ccc(CCN(C(=O)O)C(C)(C)C)cc3n2COCC[Si](C)(C)C)n2ncc(Br)c2n1. The van der Waals surface area contributed by atoms with Crippen LogP contribution in [0.25, 0.3) is 16.7 Å². The molecule has 1 amide bonds. The van der Waals surface area contributed by atoms with Gasteiger partial charge in [0, 0.05) is 26.8 Å². The minimum Gasteiger partial charge on any atom is -0.465 e. The van der Waals surface area contributed by atoms with Gasteiger partial charge in [-0.15, -0.1) is 0 Å². The number of fused-ring (bicyclic) bond motifs is 2. The molecule has 41 heavy (non-hydrogen) atoms. The molecule has 0 aliphatic heterocycles. The first kappa shape index (κ1) is 31.3. The first-order valence-corrected chi connectivity index (χ1v) is 19.2. The van der Waals surface area contributed by atoms with Gasteiger partial charge in [-0.3, -0.25) is 0 Å². The second-order valence-corrected chi connectivity index (χ2v) is 19.3. The van der Waals surface area contributed by atoms with Gasteiger partial charge in [-0.2, -0.15) is 14.6 Å². The van der Waals surface area contributed by atoms with Crippen LogP contribution in [-0.2, 0) is 24.4 Å². The number of anilines is 1. The maximum Gasteiger partial charge on any atom is 0.407 e. The van der Waals surface area contributed by atoms with Gasteiger partial charge in [0.1, 0.15) is 12.6 Å². The zero-order valence-electron chi connectivity index (χ0n) is 24.7. The van der Waals surface area contributed by atoms with Crippen LogP contribution in [0.1, 0.15) is 32.2 Å². The summed E-state index contributed by atoms with van der Waals surface area (Å²) in [6, 6.07) is 7.18. The summed E-state index contributed by atoms with van der Waals surface area (Å²) in [5.41, 5.74) is 3.05. The summed E-state index contributed by atoms with van der Waals surface area (Å²) >= 11 is 4.98. The Balaban J connectivity index is 1.62. The Morgan fingerprint density at radius 3 is 2.63 bits per heavy atom. The molecule has 0 saturated carbocycles. The van der Waals surface area contributed by atoms with Crippen molar-refractivity contribution in [3.63, 3.8) is 0 Å². The van der Waals surface area contributed by atoms with Gasteiger partial charge in [0.25, 0.3) is 0 Å². The average molecular weight is 664 g/mol. The minimum absolute atomic E-state index is 0.368. The van der Waals surface area contributed by atoms with Crippen molar-refractivity contribution < 1.29 is 14.6 Å². The van der Waals surface area contributed by atoms with E-state index in [0.29, 0.717) is 49.6 Å². The standard InChI is InChI=1S/C27H39BrN8O3SSi/c1-27(2,3)35(26(37)38)11-10-18-8-9-20-21(14-18)34(17-39-12-13-41(5,6)7)22(31-20)16-29-24-33-25(40-4)32-23-19(28)15-30-36(23)24/h8-9,14-15H,10-13,16-17H2,1-7H3,(H,37,38)(H,29,32,33). The van der Waals surface area contributed by atoms with Crippen molar-refractivity contribution in [2.75, 3.05) is 24.7 Å². The lowest BCUT2D eigenvalue weighted by atomic mass is 10.0. The summed E-state index contributed by atoms with van der Waals surface area (Å²) < 4.78 is 10.7. The highest BCUT2D eigenvalue weighted by atomic mass is 79.9. The number of nitrogens with zero attached hydrogens (tertiary/aromatic N) is 7.